The number of carbonyl (C=O) groups is 1. The van der Waals surface area contributed by atoms with Gasteiger partial charge in [-0.05, 0) is 54.5 Å². The summed E-state index contributed by atoms with van der Waals surface area (Å²) in [7, 11) is -3.97. The van der Waals surface area contributed by atoms with E-state index in [0.717, 1.165) is 29.5 Å². The zero-order valence-corrected chi connectivity index (χ0v) is 22.1. The Morgan fingerprint density at radius 2 is 2.08 bits per heavy atom. The number of carbonyl (C=O) groups excluding carboxylic acids is 1. The lowest BCUT2D eigenvalue weighted by Gasteiger charge is -2.15. The highest BCUT2D eigenvalue weighted by atomic mass is 35.5. The molecule has 1 saturated carbocycles. The van der Waals surface area contributed by atoms with Crippen LogP contribution in [0.4, 0.5) is 5.82 Å². The Balaban J connectivity index is 1.33. The average Bonchev–Trinajstić information content (AvgIpc) is 3.55. The highest BCUT2D eigenvalue weighted by Gasteiger charge is 2.30. The first-order valence-corrected chi connectivity index (χ1v) is 14.3. The molecule has 2 aromatic heterocycles. The fourth-order valence-corrected chi connectivity index (χ4v) is 6.62. The summed E-state index contributed by atoms with van der Waals surface area (Å²) >= 11 is 14.0. The number of hydrogen-bond donors (Lipinski definition) is 3. The molecule has 190 valence electrons. The van der Waals surface area contributed by atoms with Crippen LogP contribution < -0.4 is 15.8 Å². The zero-order valence-electron chi connectivity index (χ0n) is 18.9. The quantitative estimate of drug-likeness (QED) is 0.346. The van der Waals surface area contributed by atoms with E-state index >= 15 is 0 Å². The molecule has 0 amide bonds. The number of fused-ring (bicyclic) bond motifs is 1. The Labute approximate surface area is 222 Å². The summed E-state index contributed by atoms with van der Waals surface area (Å²) in [6.07, 6.45) is 5.08. The number of nitrogens with zero attached hydrogens (tertiary/aromatic N) is 2. The number of nitrogens with one attached hydrogen (secondary N) is 2. The van der Waals surface area contributed by atoms with Crippen molar-refractivity contribution < 1.29 is 17.4 Å². The summed E-state index contributed by atoms with van der Waals surface area (Å²) in [5.41, 5.74) is 3.36. The number of halogens is 2. The van der Waals surface area contributed by atoms with E-state index in [1.807, 2.05) is 24.3 Å². The molecule has 0 spiro atoms. The van der Waals surface area contributed by atoms with Gasteiger partial charge in [0.25, 0.3) is 0 Å². The van der Waals surface area contributed by atoms with Gasteiger partial charge in [0.05, 0.1) is 27.4 Å². The predicted molar refractivity (Wildman–Crippen MR) is 139 cm³/mol. The van der Waals surface area contributed by atoms with Crippen LogP contribution in [0.2, 0.25) is 9.36 Å². The summed E-state index contributed by atoms with van der Waals surface area (Å²) in [5.74, 6) is 0.235. The van der Waals surface area contributed by atoms with E-state index in [1.165, 1.54) is 23.9 Å². The Bertz CT molecular complexity index is 1420. The number of aromatic nitrogens is 2. The lowest BCUT2D eigenvalue weighted by atomic mass is 10.00. The second-order valence-electron chi connectivity index (χ2n) is 8.91. The largest absolute Gasteiger partial charge is 0.367 e. The molecule has 1 aliphatic heterocycles. The second kappa shape index (κ2) is 10.3. The Morgan fingerprint density at radius 3 is 2.89 bits per heavy atom. The molecule has 9 nitrogen and oxygen atoms in total. The van der Waals surface area contributed by atoms with Crippen LogP contribution in [0.5, 0.6) is 0 Å². The standard InChI is InChI=1S/C23H23Cl2N5O4S2/c24-14-3-2-13-8-28-20(16(13)6-14)17-7-19(35-22(17)25)21(31)18-9-27-11-29-23(18)30-15-4-1-12(5-15)10-34-36(26,32)33/h2-3,6-7,9,11-12,15,20,28H,1,4-5,8,10H2,(H2,26,32,33)(H,27,29,30)/t12-,15?,20?/m1/s1. The number of benzene rings is 1. The van der Waals surface area contributed by atoms with E-state index in [-0.39, 0.29) is 30.4 Å². The van der Waals surface area contributed by atoms with E-state index in [1.54, 1.807) is 0 Å². The molecule has 0 saturated heterocycles. The van der Waals surface area contributed by atoms with Gasteiger partial charge in [-0.3, -0.25) is 8.98 Å². The van der Waals surface area contributed by atoms with Gasteiger partial charge in [0.15, 0.2) is 0 Å². The molecule has 2 unspecified atom stereocenters. The third kappa shape index (κ3) is 5.57. The minimum atomic E-state index is -3.97. The van der Waals surface area contributed by atoms with Crippen LogP contribution in [0.1, 0.15) is 57.2 Å². The van der Waals surface area contributed by atoms with E-state index in [9.17, 15) is 13.2 Å². The maximum absolute atomic E-state index is 13.5. The molecule has 0 radical (unpaired) electrons. The van der Waals surface area contributed by atoms with Crippen LogP contribution in [0.15, 0.2) is 36.8 Å². The Kier molecular flexibility index (Phi) is 7.32. The molecule has 3 heterocycles. The fraction of sp³-hybridized carbons (Fsp3) is 0.348. The van der Waals surface area contributed by atoms with Gasteiger partial charge in [-0.25, -0.2) is 15.1 Å². The molecule has 2 aliphatic rings. The van der Waals surface area contributed by atoms with Crippen molar-refractivity contribution >= 4 is 56.4 Å². The van der Waals surface area contributed by atoms with Crippen LogP contribution in [0.25, 0.3) is 0 Å². The fourth-order valence-electron chi connectivity index (χ4n) is 4.77. The number of ketones is 1. The topological polar surface area (TPSA) is 136 Å². The van der Waals surface area contributed by atoms with E-state index in [4.69, 9.17) is 32.5 Å². The van der Waals surface area contributed by atoms with Gasteiger partial charge in [0.1, 0.15) is 12.1 Å². The van der Waals surface area contributed by atoms with Gasteiger partial charge in [-0.2, -0.15) is 8.42 Å². The first-order valence-electron chi connectivity index (χ1n) is 11.3. The van der Waals surface area contributed by atoms with Crippen molar-refractivity contribution in [1.29, 1.82) is 0 Å². The number of rotatable bonds is 8. The number of anilines is 1. The summed E-state index contributed by atoms with van der Waals surface area (Å²) in [5, 5.41) is 12.3. The first-order chi connectivity index (χ1) is 17.2. The second-order valence-corrected chi connectivity index (χ2v) is 12.2. The van der Waals surface area contributed by atoms with Crippen molar-refractivity contribution in [1.82, 2.24) is 15.3 Å². The summed E-state index contributed by atoms with van der Waals surface area (Å²) in [4.78, 5) is 22.3. The SMILES string of the molecule is NS(=O)(=O)OC[C@@H]1CCC(Nc2ncncc2C(=O)c2cc(C3NCc4ccc(Cl)cc43)c(Cl)s2)C1. The molecular weight excluding hydrogens is 545 g/mol. The monoisotopic (exact) mass is 567 g/mol. The molecule has 1 aromatic carbocycles. The van der Waals surface area contributed by atoms with Crippen molar-refractivity contribution in [2.24, 2.45) is 11.1 Å². The minimum absolute atomic E-state index is 0.00644. The first kappa shape index (κ1) is 25.5. The molecular formula is C23H23Cl2N5O4S2. The third-order valence-corrected chi connectivity index (χ3v) is 8.56. The third-order valence-electron chi connectivity index (χ3n) is 6.47. The van der Waals surface area contributed by atoms with Crippen molar-refractivity contribution in [3.05, 3.63) is 73.3 Å². The van der Waals surface area contributed by atoms with Crippen LogP contribution in [0.3, 0.4) is 0 Å². The predicted octanol–water partition coefficient (Wildman–Crippen LogP) is 4.07. The number of hydrogen-bond acceptors (Lipinski definition) is 9. The van der Waals surface area contributed by atoms with Gasteiger partial charge in [-0.1, -0.05) is 29.3 Å². The van der Waals surface area contributed by atoms with Crippen molar-refractivity contribution in [2.45, 2.75) is 37.9 Å². The molecule has 1 fully saturated rings. The number of thiophene rings is 1. The van der Waals surface area contributed by atoms with Crippen molar-refractivity contribution in [3.63, 3.8) is 0 Å². The van der Waals surface area contributed by atoms with Crippen LogP contribution in [-0.4, -0.2) is 36.8 Å². The molecule has 1 aliphatic carbocycles. The van der Waals surface area contributed by atoms with Crippen LogP contribution in [-0.2, 0) is 21.0 Å². The average molecular weight is 569 g/mol. The summed E-state index contributed by atoms with van der Waals surface area (Å²) < 4.78 is 27.4. The van der Waals surface area contributed by atoms with Crippen LogP contribution in [0, 0.1) is 5.92 Å². The molecule has 4 N–H and O–H groups in total. The van der Waals surface area contributed by atoms with Gasteiger partial charge < -0.3 is 10.6 Å². The molecule has 36 heavy (non-hydrogen) atoms. The Morgan fingerprint density at radius 1 is 1.25 bits per heavy atom. The molecule has 3 atom stereocenters. The van der Waals surface area contributed by atoms with Gasteiger partial charge in [-0.15, -0.1) is 11.3 Å². The lowest BCUT2D eigenvalue weighted by molar-refractivity contribution is 0.104. The smallest absolute Gasteiger partial charge is 0.333 e. The maximum atomic E-state index is 13.5. The van der Waals surface area contributed by atoms with Crippen molar-refractivity contribution in [3.8, 4) is 0 Å². The zero-order chi connectivity index (χ0) is 25.4. The van der Waals surface area contributed by atoms with Gasteiger partial charge in [0.2, 0.25) is 5.78 Å². The van der Waals surface area contributed by atoms with Crippen LogP contribution >= 0.6 is 34.5 Å². The van der Waals surface area contributed by atoms with Gasteiger partial charge in [0, 0.05) is 29.4 Å². The van der Waals surface area contributed by atoms with E-state index in [0.29, 0.717) is 38.6 Å². The maximum Gasteiger partial charge on any atom is 0.333 e. The molecule has 0 bridgehead atoms. The molecule has 5 rings (SSSR count). The summed E-state index contributed by atoms with van der Waals surface area (Å²) in [6, 6.07) is 7.45. The van der Waals surface area contributed by atoms with E-state index < -0.39 is 10.3 Å². The normalized spacial score (nSPS) is 21.5. The highest BCUT2D eigenvalue weighted by molar-refractivity contribution is 7.84. The van der Waals surface area contributed by atoms with Gasteiger partial charge >= 0.3 is 10.3 Å². The molecule has 3 aromatic rings. The Hall–Kier alpha value is -2.12. The highest BCUT2D eigenvalue weighted by Crippen LogP contribution is 2.40. The minimum Gasteiger partial charge on any atom is -0.367 e. The van der Waals surface area contributed by atoms with E-state index in [2.05, 4.69) is 20.6 Å². The van der Waals surface area contributed by atoms with Crippen molar-refractivity contribution in [2.75, 3.05) is 11.9 Å². The molecule has 13 heteroatoms. The summed E-state index contributed by atoms with van der Waals surface area (Å²) in [6.45, 7) is 0.727. The number of nitrogens with two attached hydrogens (primary N) is 1. The lowest BCUT2D eigenvalue weighted by Crippen LogP contribution is -2.22.